The summed E-state index contributed by atoms with van der Waals surface area (Å²) in [6.07, 6.45) is 0. The minimum Gasteiger partial charge on any atom is -0.0616 e. The number of benzene rings is 5. The number of aryl methyl sites for hydroxylation is 4. The molecule has 0 aliphatic carbocycles. The Morgan fingerprint density at radius 3 is 0.643 bits per heavy atom. The molecular weight excluding hydrogens is 504 g/mol. The molecular formula is C42H30. The van der Waals surface area contributed by atoms with Crippen molar-refractivity contribution in [2.24, 2.45) is 0 Å². The van der Waals surface area contributed by atoms with E-state index < -0.39 is 0 Å². The SMILES string of the molecule is Cc1ccc(C#Cc2cc(C#Cc3ccc(C)cc3)c(C#Cc3ccc(C)cc3)cc2C#Cc2ccc(C)cc2)cc1. The standard InChI is InChI=1S/C42H30/c1-31-5-13-35(14-6-31)21-25-39-29-41(27-23-37-17-9-33(3)10-18-37)42(28-24-38-19-11-34(4)12-20-38)30-40(39)26-22-36-15-7-32(2)8-16-36/h5-20,29-30H,1-4H3. The highest BCUT2D eigenvalue weighted by molar-refractivity contribution is 5.64. The van der Waals surface area contributed by atoms with Crippen LogP contribution in [-0.4, -0.2) is 0 Å². The number of hydrogen-bond acceptors (Lipinski definition) is 0. The Labute approximate surface area is 250 Å². The average molecular weight is 535 g/mol. The van der Waals surface area contributed by atoms with E-state index in [0.717, 1.165) is 44.5 Å². The van der Waals surface area contributed by atoms with E-state index in [1.165, 1.54) is 22.3 Å². The second kappa shape index (κ2) is 13.1. The fourth-order valence-electron chi connectivity index (χ4n) is 4.12. The van der Waals surface area contributed by atoms with Gasteiger partial charge in [-0.15, -0.1) is 0 Å². The van der Waals surface area contributed by atoms with Crippen LogP contribution in [0.15, 0.2) is 109 Å². The largest absolute Gasteiger partial charge is 0.0616 e. The van der Waals surface area contributed by atoms with E-state index in [1.54, 1.807) is 0 Å². The Morgan fingerprint density at radius 1 is 0.262 bits per heavy atom. The van der Waals surface area contributed by atoms with Gasteiger partial charge in [-0.2, -0.15) is 0 Å². The number of rotatable bonds is 0. The first kappa shape index (κ1) is 27.9. The molecule has 0 fully saturated rings. The first-order chi connectivity index (χ1) is 20.4. The Morgan fingerprint density at radius 2 is 0.452 bits per heavy atom. The summed E-state index contributed by atoms with van der Waals surface area (Å²) in [5.41, 5.74) is 11.9. The van der Waals surface area contributed by atoms with Crippen LogP contribution in [-0.2, 0) is 0 Å². The smallest absolute Gasteiger partial charge is 0.0419 e. The summed E-state index contributed by atoms with van der Waals surface area (Å²) in [7, 11) is 0. The predicted octanol–water partition coefficient (Wildman–Crippen LogP) is 8.52. The highest BCUT2D eigenvalue weighted by Gasteiger charge is 2.06. The highest BCUT2D eigenvalue weighted by Crippen LogP contribution is 2.17. The third kappa shape index (κ3) is 7.71. The van der Waals surface area contributed by atoms with Gasteiger partial charge in [-0.1, -0.05) is 118 Å². The van der Waals surface area contributed by atoms with Crippen LogP contribution in [0.4, 0.5) is 0 Å². The second-order valence-corrected chi connectivity index (χ2v) is 10.4. The van der Waals surface area contributed by atoms with Gasteiger partial charge in [-0.25, -0.2) is 0 Å². The van der Waals surface area contributed by atoms with Gasteiger partial charge in [-0.05, 0) is 88.4 Å². The molecule has 0 aromatic heterocycles. The molecule has 0 nitrogen and oxygen atoms in total. The molecule has 5 aromatic carbocycles. The van der Waals surface area contributed by atoms with Gasteiger partial charge >= 0.3 is 0 Å². The van der Waals surface area contributed by atoms with E-state index >= 15 is 0 Å². The van der Waals surface area contributed by atoms with Crippen LogP contribution < -0.4 is 0 Å². The summed E-state index contributed by atoms with van der Waals surface area (Å²) in [5.74, 6) is 26.8. The minimum absolute atomic E-state index is 0.823. The lowest BCUT2D eigenvalue weighted by Gasteiger charge is -2.04. The Balaban J connectivity index is 1.66. The van der Waals surface area contributed by atoms with Crippen LogP contribution in [0, 0.1) is 75.1 Å². The van der Waals surface area contributed by atoms with Gasteiger partial charge < -0.3 is 0 Å². The summed E-state index contributed by atoms with van der Waals surface area (Å²) < 4.78 is 0. The lowest BCUT2D eigenvalue weighted by molar-refractivity contribution is 1.45. The van der Waals surface area contributed by atoms with E-state index in [1.807, 2.05) is 60.7 Å². The molecule has 0 aliphatic rings. The van der Waals surface area contributed by atoms with Gasteiger partial charge in [0.1, 0.15) is 0 Å². The van der Waals surface area contributed by atoms with Crippen molar-refractivity contribution in [3.8, 4) is 47.4 Å². The van der Waals surface area contributed by atoms with Gasteiger partial charge in [0.15, 0.2) is 0 Å². The maximum atomic E-state index is 3.38. The van der Waals surface area contributed by atoms with Crippen molar-refractivity contribution in [1.82, 2.24) is 0 Å². The Bertz CT molecular complexity index is 1680. The van der Waals surface area contributed by atoms with Crippen LogP contribution in [0.2, 0.25) is 0 Å². The van der Waals surface area contributed by atoms with Crippen LogP contribution in [0.3, 0.4) is 0 Å². The predicted molar refractivity (Wildman–Crippen MR) is 175 cm³/mol. The normalized spacial score (nSPS) is 9.62. The van der Waals surface area contributed by atoms with Gasteiger partial charge in [0.25, 0.3) is 0 Å². The molecule has 0 atom stereocenters. The van der Waals surface area contributed by atoms with Crippen LogP contribution >= 0.6 is 0 Å². The zero-order valence-corrected chi connectivity index (χ0v) is 24.4. The van der Waals surface area contributed by atoms with Crippen molar-refractivity contribution in [2.75, 3.05) is 0 Å². The zero-order valence-electron chi connectivity index (χ0n) is 24.4. The molecule has 42 heavy (non-hydrogen) atoms. The molecule has 0 bridgehead atoms. The fourth-order valence-corrected chi connectivity index (χ4v) is 4.12. The summed E-state index contributed by atoms with van der Waals surface area (Å²) in [5, 5.41) is 0. The third-order valence-corrected chi connectivity index (χ3v) is 6.73. The van der Waals surface area contributed by atoms with Crippen LogP contribution in [0.5, 0.6) is 0 Å². The molecule has 0 aliphatic heterocycles. The van der Waals surface area contributed by atoms with E-state index in [9.17, 15) is 0 Å². The van der Waals surface area contributed by atoms with E-state index in [-0.39, 0.29) is 0 Å². The lowest BCUT2D eigenvalue weighted by atomic mass is 9.97. The summed E-state index contributed by atoms with van der Waals surface area (Å²) in [6.45, 7) is 8.30. The topological polar surface area (TPSA) is 0 Å². The maximum Gasteiger partial charge on any atom is 0.0419 e. The molecule has 0 unspecified atom stereocenters. The monoisotopic (exact) mass is 534 g/mol. The molecule has 0 N–H and O–H groups in total. The fraction of sp³-hybridized carbons (Fsp3) is 0.0952. The quantitative estimate of drug-likeness (QED) is 0.175. The Kier molecular flexibility index (Phi) is 8.72. The first-order valence-corrected chi connectivity index (χ1v) is 13.9. The van der Waals surface area contributed by atoms with Gasteiger partial charge in [0.2, 0.25) is 0 Å². The number of hydrogen-bond donors (Lipinski definition) is 0. The van der Waals surface area contributed by atoms with Crippen LogP contribution in [0.1, 0.15) is 66.8 Å². The lowest BCUT2D eigenvalue weighted by Crippen LogP contribution is -1.93. The van der Waals surface area contributed by atoms with E-state index in [2.05, 4.69) is 124 Å². The third-order valence-electron chi connectivity index (χ3n) is 6.73. The van der Waals surface area contributed by atoms with Gasteiger partial charge in [0, 0.05) is 44.5 Å². The van der Waals surface area contributed by atoms with Crippen molar-refractivity contribution in [3.63, 3.8) is 0 Å². The molecule has 0 saturated heterocycles. The van der Waals surface area contributed by atoms with Crippen molar-refractivity contribution < 1.29 is 0 Å². The van der Waals surface area contributed by atoms with E-state index in [0.29, 0.717) is 0 Å². The van der Waals surface area contributed by atoms with Gasteiger partial charge in [-0.3, -0.25) is 0 Å². The second-order valence-electron chi connectivity index (χ2n) is 10.4. The van der Waals surface area contributed by atoms with Crippen molar-refractivity contribution >= 4 is 0 Å². The molecule has 0 amide bonds. The minimum atomic E-state index is 0.823. The summed E-state index contributed by atoms with van der Waals surface area (Å²) >= 11 is 0. The van der Waals surface area contributed by atoms with Crippen molar-refractivity contribution in [1.29, 1.82) is 0 Å². The molecule has 0 spiro atoms. The van der Waals surface area contributed by atoms with E-state index in [4.69, 9.17) is 0 Å². The molecule has 0 heterocycles. The molecule has 0 saturated carbocycles. The van der Waals surface area contributed by atoms with Crippen molar-refractivity contribution in [3.05, 3.63) is 176 Å². The highest BCUT2D eigenvalue weighted by atomic mass is 14.1. The first-order valence-electron chi connectivity index (χ1n) is 13.9. The molecule has 5 aromatic rings. The molecule has 0 heteroatoms. The Hall–Kier alpha value is -5.66. The summed E-state index contributed by atoms with van der Waals surface area (Å²) in [6, 6.07) is 37.0. The van der Waals surface area contributed by atoms with Crippen LogP contribution in [0.25, 0.3) is 0 Å². The maximum absolute atomic E-state index is 3.38. The van der Waals surface area contributed by atoms with Crippen molar-refractivity contribution in [2.45, 2.75) is 27.7 Å². The zero-order chi connectivity index (χ0) is 29.3. The molecule has 198 valence electrons. The molecule has 5 rings (SSSR count). The summed E-state index contributed by atoms with van der Waals surface area (Å²) in [4.78, 5) is 0. The molecule has 0 radical (unpaired) electrons. The van der Waals surface area contributed by atoms with Gasteiger partial charge in [0.05, 0.1) is 0 Å². The average Bonchev–Trinajstić information content (AvgIpc) is 3.00.